The van der Waals surface area contributed by atoms with E-state index in [1.54, 1.807) is 0 Å². The van der Waals surface area contributed by atoms with Crippen molar-refractivity contribution in [1.29, 1.82) is 0 Å². The Morgan fingerprint density at radius 2 is 2.19 bits per heavy atom. The quantitative estimate of drug-likeness (QED) is 0.462. The SMILES string of the molecule is CN(CCC(=O)NN)Cc1ccccc1Cl. The molecular weight excluding hydrogens is 226 g/mol. The van der Waals surface area contributed by atoms with Crippen LogP contribution in [0.1, 0.15) is 12.0 Å². The molecule has 0 radical (unpaired) electrons. The summed E-state index contributed by atoms with van der Waals surface area (Å²) in [6, 6.07) is 7.68. The number of halogens is 1. The van der Waals surface area contributed by atoms with E-state index >= 15 is 0 Å². The molecular formula is C11H16ClN3O. The van der Waals surface area contributed by atoms with Gasteiger partial charge < -0.3 is 4.90 Å². The van der Waals surface area contributed by atoms with E-state index in [0.717, 1.165) is 17.1 Å². The molecule has 1 rings (SSSR count). The minimum atomic E-state index is -0.161. The summed E-state index contributed by atoms with van der Waals surface area (Å²) in [4.78, 5) is 13.0. The summed E-state index contributed by atoms with van der Waals surface area (Å²) >= 11 is 6.03. The Balaban J connectivity index is 2.43. The zero-order valence-electron chi connectivity index (χ0n) is 9.24. The number of carbonyl (C=O) groups excluding carboxylic acids is 1. The van der Waals surface area contributed by atoms with Crippen LogP contribution in [0.4, 0.5) is 0 Å². The summed E-state index contributed by atoms with van der Waals surface area (Å²) in [5.41, 5.74) is 3.16. The number of nitrogens with one attached hydrogen (secondary N) is 1. The van der Waals surface area contributed by atoms with Gasteiger partial charge in [-0.1, -0.05) is 29.8 Å². The van der Waals surface area contributed by atoms with Crippen LogP contribution in [-0.4, -0.2) is 24.4 Å². The molecule has 0 spiro atoms. The largest absolute Gasteiger partial charge is 0.302 e. The molecule has 0 aromatic heterocycles. The Labute approximate surface area is 100 Å². The van der Waals surface area contributed by atoms with Gasteiger partial charge in [-0.3, -0.25) is 10.2 Å². The van der Waals surface area contributed by atoms with E-state index < -0.39 is 0 Å². The zero-order valence-corrected chi connectivity index (χ0v) is 10.00. The standard InChI is InChI=1S/C11H16ClN3O/c1-15(7-6-11(16)14-13)8-9-4-2-3-5-10(9)12/h2-5H,6-8,13H2,1H3,(H,14,16). The number of hydrazine groups is 1. The number of rotatable bonds is 5. The van der Waals surface area contributed by atoms with Gasteiger partial charge in [-0.25, -0.2) is 5.84 Å². The number of nitrogens with zero attached hydrogens (tertiary/aromatic N) is 1. The zero-order chi connectivity index (χ0) is 12.0. The number of hydrogen-bond acceptors (Lipinski definition) is 3. The van der Waals surface area contributed by atoms with E-state index in [-0.39, 0.29) is 5.91 Å². The molecule has 16 heavy (non-hydrogen) atoms. The predicted octanol–water partition coefficient (Wildman–Crippen LogP) is 1.15. The maximum absolute atomic E-state index is 10.9. The van der Waals surface area contributed by atoms with Crippen molar-refractivity contribution >= 4 is 17.5 Å². The van der Waals surface area contributed by atoms with Gasteiger partial charge in [-0.2, -0.15) is 0 Å². The first-order valence-electron chi connectivity index (χ1n) is 5.05. The van der Waals surface area contributed by atoms with Crippen LogP contribution in [-0.2, 0) is 11.3 Å². The summed E-state index contributed by atoms with van der Waals surface area (Å²) in [7, 11) is 1.94. The van der Waals surface area contributed by atoms with E-state index in [1.165, 1.54) is 0 Å². The molecule has 0 aliphatic rings. The smallest absolute Gasteiger partial charge is 0.235 e. The van der Waals surface area contributed by atoms with Crippen molar-refractivity contribution in [2.24, 2.45) is 5.84 Å². The average molecular weight is 242 g/mol. The lowest BCUT2D eigenvalue weighted by molar-refractivity contribution is -0.121. The highest BCUT2D eigenvalue weighted by Gasteiger charge is 2.05. The first kappa shape index (κ1) is 13.0. The fourth-order valence-electron chi connectivity index (χ4n) is 1.36. The number of carbonyl (C=O) groups is 1. The molecule has 0 unspecified atom stereocenters. The van der Waals surface area contributed by atoms with Gasteiger partial charge in [0, 0.05) is 24.5 Å². The highest BCUT2D eigenvalue weighted by atomic mass is 35.5. The molecule has 0 atom stereocenters. The van der Waals surface area contributed by atoms with Gasteiger partial charge in [0.25, 0.3) is 0 Å². The monoisotopic (exact) mass is 241 g/mol. The van der Waals surface area contributed by atoms with E-state index in [1.807, 2.05) is 36.2 Å². The Morgan fingerprint density at radius 3 is 2.81 bits per heavy atom. The second-order valence-electron chi connectivity index (χ2n) is 3.65. The maximum Gasteiger partial charge on any atom is 0.235 e. The lowest BCUT2D eigenvalue weighted by Gasteiger charge is -2.16. The van der Waals surface area contributed by atoms with Gasteiger partial charge in [0.15, 0.2) is 0 Å². The van der Waals surface area contributed by atoms with Crippen molar-refractivity contribution in [1.82, 2.24) is 10.3 Å². The van der Waals surface area contributed by atoms with Crippen LogP contribution in [0.5, 0.6) is 0 Å². The highest BCUT2D eigenvalue weighted by Crippen LogP contribution is 2.16. The molecule has 0 saturated heterocycles. The summed E-state index contributed by atoms with van der Waals surface area (Å²) in [5, 5.41) is 0.748. The summed E-state index contributed by atoms with van der Waals surface area (Å²) in [6.07, 6.45) is 0.386. The van der Waals surface area contributed by atoms with Gasteiger partial charge >= 0.3 is 0 Å². The van der Waals surface area contributed by atoms with Gasteiger partial charge in [-0.05, 0) is 18.7 Å². The van der Waals surface area contributed by atoms with E-state index in [2.05, 4.69) is 5.43 Å². The Kier molecular flexibility index (Phi) is 5.25. The summed E-state index contributed by atoms with van der Waals surface area (Å²) in [6.45, 7) is 1.37. The Bertz CT molecular complexity index is 357. The molecule has 88 valence electrons. The van der Waals surface area contributed by atoms with E-state index in [4.69, 9.17) is 17.4 Å². The van der Waals surface area contributed by atoms with Crippen LogP contribution >= 0.6 is 11.6 Å². The molecule has 0 bridgehead atoms. The van der Waals surface area contributed by atoms with Crippen molar-refractivity contribution in [3.8, 4) is 0 Å². The molecule has 1 aromatic carbocycles. The third-order valence-electron chi connectivity index (χ3n) is 2.28. The van der Waals surface area contributed by atoms with Crippen LogP contribution in [0, 0.1) is 0 Å². The molecule has 4 nitrogen and oxygen atoms in total. The van der Waals surface area contributed by atoms with Gasteiger partial charge in [0.1, 0.15) is 0 Å². The van der Waals surface area contributed by atoms with Crippen molar-refractivity contribution < 1.29 is 4.79 Å². The second kappa shape index (κ2) is 6.48. The molecule has 0 fully saturated rings. The van der Waals surface area contributed by atoms with Crippen molar-refractivity contribution in [2.45, 2.75) is 13.0 Å². The lowest BCUT2D eigenvalue weighted by Crippen LogP contribution is -2.33. The van der Waals surface area contributed by atoms with Crippen molar-refractivity contribution in [3.63, 3.8) is 0 Å². The van der Waals surface area contributed by atoms with Crippen molar-refractivity contribution in [3.05, 3.63) is 34.9 Å². The minimum absolute atomic E-state index is 0.161. The molecule has 0 aliphatic heterocycles. The molecule has 1 aromatic rings. The van der Waals surface area contributed by atoms with Crippen LogP contribution in [0.15, 0.2) is 24.3 Å². The molecule has 3 N–H and O–H groups in total. The van der Waals surface area contributed by atoms with Crippen LogP contribution in [0.25, 0.3) is 0 Å². The number of benzene rings is 1. The van der Waals surface area contributed by atoms with Crippen LogP contribution in [0.2, 0.25) is 5.02 Å². The van der Waals surface area contributed by atoms with Crippen molar-refractivity contribution in [2.75, 3.05) is 13.6 Å². The summed E-state index contributed by atoms with van der Waals surface area (Å²) in [5.74, 6) is 4.83. The molecule has 0 heterocycles. The molecule has 0 saturated carbocycles. The maximum atomic E-state index is 10.9. The minimum Gasteiger partial charge on any atom is -0.302 e. The third kappa shape index (κ3) is 4.18. The third-order valence-corrected chi connectivity index (χ3v) is 2.65. The van der Waals surface area contributed by atoms with Gasteiger partial charge in [0.2, 0.25) is 5.91 Å². The lowest BCUT2D eigenvalue weighted by atomic mass is 10.2. The second-order valence-corrected chi connectivity index (χ2v) is 4.05. The topological polar surface area (TPSA) is 58.4 Å². The van der Waals surface area contributed by atoms with E-state index in [0.29, 0.717) is 13.0 Å². The predicted molar refractivity (Wildman–Crippen MR) is 64.7 cm³/mol. The fraction of sp³-hybridized carbons (Fsp3) is 0.364. The van der Waals surface area contributed by atoms with Gasteiger partial charge in [-0.15, -0.1) is 0 Å². The number of hydrogen-bond donors (Lipinski definition) is 2. The molecule has 1 amide bonds. The molecule has 0 aliphatic carbocycles. The van der Waals surface area contributed by atoms with Crippen LogP contribution < -0.4 is 11.3 Å². The Hall–Kier alpha value is -1.10. The fourth-order valence-corrected chi connectivity index (χ4v) is 1.56. The van der Waals surface area contributed by atoms with Gasteiger partial charge in [0.05, 0.1) is 0 Å². The number of amides is 1. The number of nitrogens with two attached hydrogens (primary N) is 1. The first-order chi connectivity index (χ1) is 7.63. The Morgan fingerprint density at radius 1 is 1.50 bits per heavy atom. The average Bonchev–Trinajstić information content (AvgIpc) is 2.29. The normalized spacial score (nSPS) is 10.5. The van der Waals surface area contributed by atoms with Crippen LogP contribution in [0.3, 0.4) is 0 Å². The molecule has 5 heteroatoms. The highest BCUT2D eigenvalue weighted by molar-refractivity contribution is 6.31. The first-order valence-corrected chi connectivity index (χ1v) is 5.42. The van der Waals surface area contributed by atoms with E-state index in [9.17, 15) is 4.79 Å². The summed E-state index contributed by atoms with van der Waals surface area (Å²) < 4.78 is 0.